The summed E-state index contributed by atoms with van der Waals surface area (Å²) in [6.45, 7) is 7.73. The first kappa shape index (κ1) is 22.1. The van der Waals surface area contributed by atoms with E-state index in [-0.39, 0.29) is 0 Å². The molecule has 0 aliphatic rings. The zero-order valence-electron chi connectivity index (χ0n) is 11.3. The molecule has 0 rings (SSSR count). The summed E-state index contributed by atoms with van der Waals surface area (Å²) in [5, 5.41) is 5.68. The van der Waals surface area contributed by atoms with Crippen LogP contribution >= 0.6 is 57.6 Å². The van der Waals surface area contributed by atoms with Crippen LogP contribution in [0, 0.1) is 0 Å². The van der Waals surface area contributed by atoms with Crippen molar-refractivity contribution in [2.45, 2.75) is 13.8 Å². The van der Waals surface area contributed by atoms with E-state index in [0.717, 1.165) is 0 Å². The van der Waals surface area contributed by atoms with Crippen molar-refractivity contribution in [2.24, 2.45) is 0 Å². The van der Waals surface area contributed by atoms with Gasteiger partial charge >= 0.3 is 55.6 Å². The fourth-order valence-electron chi connectivity index (χ4n) is 0.916. The molecule has 0 radical (unpaired) electrons. The van der Waals surface area contributed by atoms with E-state index in [2.05, 4.69) is 60.3 Å². The van der Waals surface area contributed by atoms with Crippen molar-refractivity contribution in [2.75, 3.05) is 33.0 Å². The number of hydrogen-bond donors (Lipinski definition) is 5. The molecule has 0 aromatic carbocycles. The van der Waals surface area contributed by atoms with E-state index in [1.165, 1.54) is 0 Å². The summed E-state index contributed by atoms with van der Waals surface area (Å²) in [5.41, 5.74) is 0. The first-order valence-corrected chi connectivity index (χ1v) is 9.66. The molecule has 0 atom stereocenters. The van der Waals surface area contributed by atoms with Crippen molar-refractivity contribution in [3.8, 4) is 0 Å². The molecule has 0 unspecified atom stereocenters. The second kappa shape index (κ2) is 13.8. The van der Waals surface area contributed by atoms with E-state index >= 15 is 0 Å². The van der Waals surface area contributed by atoms with Crippen LogP contribution in [-0.2, 0) is 9.05 Å². The summed E-state index contributed by atoms with van der Waals surface area (Å²) in [4.78, 5) is 9.21. The van der Waals surface area contributed by atoms with E-state index < -0.39 is 7.94 Å². The maximum Gasteiger partial charge on any atom is 0.130 e. The summed E-state index contributed by atoms with van der Waals surface area (Å²) in [7, 11) is -2.70. The van der Waals surface area contributed by atoms with Gasteiger partial charge in [-0.25, -0.2) is 0 Å². The number of thiol groups is 2. The molecule has 0 heterocycles. The Bertz CT molecular complexity index is 246. The van der Waals surface area contributed by atoms with Crippen molar-refractivity contribution >= 4 is 66.3 Å². The first-order chi connectivity index (χ1) is 8.75. The van der Waals surface area contributed by atoms with Gasteiger partial charge in [-0.3, -0.25) is 0 Å². The summed E-state index contributed by atoms with van der Waals surface area (Å²) >= 11 is 17.0. The van der Waals surface area contributed by atoms with Crippen LogP contribution in [0.2, 0.25) is 0 Å². The van der Waals surface area contributed by atoms with Gasteiger partial charge in [0.2, 0.25) is 0 Å². The molecule has 0 aromatic heterocycles. The number of rotatable bonds is 7. The van der Waals surface area contributed by atoms with Gasteiger partial charge in [-0.15, -0.1) is 25.3 Å². The molecule has 0 spiro atoms. The van der Waals surface area contributed by atoms with Crippen molar-refractivity contribution in [1.82, 2.24) is 10.6 Å². The van der Waals surface area contributed by atoms with Gasteiger partial charge in [0.05, 0.1) is 0 Å². The monoisotopic (exact) mass is 366 g/mol. The van der Waals surface area contributed by atoms with Gasteiger partial charge in [0.15, 0.2) is 0 Å². The largest absolute Gasteiger partial charge is 0.369 e. The molecule has 0 aliphatic heterocycles. The minimum atomic E-state index is -2.70. The molecule has 19 heavy (non-hydrogen) atoms. The molecule has 10 heteroatoms. The average molecular weight is 367 g/mol. The molecule has 116 valence electrons. The minimum absolute atomic E-state index is 0.492. The van der Waals surface area contributed by atoms with Gasteiger partial charge < -0.3 is 10.6 Å². The van der Waals surface area contributed by atoms with E-state index in [4.69, 9.17) is 9.05 Å². The Kier molecular flexibility index (Phi) is 16.0. The Morgan fingerprint density at radius 1 is 1.05 bits per heavy atom. The smallest absolute Gasteiger partial charge is 0.130 e. The summed E-state index contributed by atoms with van der Waals surface area (Å²) in [6, 6.07) is 0. The van der Waals surface area contributed by atoms with Gasteiger partial charge in [0.1, 0.15) is 8.64 Å². The van der Waals surface area contributed by atoms with Crippen LogP contribution < -0.4 is 10.6 Å². The molecule has 0 fully saturated rings. The van der Waals surface area contributed by atoms with E-state index in [1.54, 1.807) is 6.66 Å². The third kappa shape index (κ3) is 21.2. The van der Waals surface area contributed by atoms with E-state index in [9.17, 15) is 4.89 Å². The number of hydrogen-bond acceptors (Lipinski definition) is 5. The minimum Gasteiger partial charge on any atom is -0.369 e. The Hall–Kier alpha value is 0.790. The second-order valence-corrected chi connectivity index (χ2v) is 7.92. The third-order valence-corrected chi connectivity index (χ3v) is 3.76. The second-order valence-electron chi connectivity index (χ2n) is 3.23. The fraction of sp³-hybridized carbons (Fsp3) is 0.778. The summed E-state index contributed by atoms with van der Waals surface area (Å²) < 4.78 is 10.9. The molecular formula is C9H23N2O3PS4. The van der Waals surface area contributed by atoms with Gasteiger partial charge in [-0.2, -0.15) is 0 Å². The SMILES string of the molecule is CCO[PH](C)(O)OCC.S=C(S)NCCNC(=S)S. The van der Waals surface area contributed by atoms with Crippen LogP contribution in [0.15, 0.2) is 0 Å². The Balaban J connectivity index is 0. The predicted octanol–water partition coefficient (Wildman–Crippen LogP) is 1.77. The zero-order valence-corrected chi connectivity index (χ0v) is 15.7. The standard InChI is InChI=1S/C5H15O3P.C4H8N2S4/c1-4-7-9(3,6)8-5-2;7-3(8)5-1-2-6-4(9)10/h6,9H,4-5H2,1-3H3;1-2H2,(H2,5,7,8)(H2,6,9,10). The maximum atomic E-state index is 9.21. The average Bonchev–Trinajstić information content (AvgIpc) is 2.24. The molecule has 5 nitrogen and oxygen atoms in total. The number of nitrogens with one attached hydrogen (secondary N) is 2. The molecule has 0 bridgehead atoms. The number of thiocarbonyl (C=S) groups is 2. The molecule has 0 aromatic rings. The molecular weight excluding hydrogens is 343 g/mol. The van der Waals surface area contributed by atoms with Crippen LogP contribution in [-0.4, -0.2) is 46.5 Å². The normalized spacial score (nSPS) is 11.1. The Morgan fingerprint density at radius 2 is 1.37 bits per heavy atom. The van der Waals surface area contributed by atoms with E-state index in [1.807, 2.05) is 13.8 Å². The van der Waals surface area contributed by atoms with Crippen molar-refractivity contribution in [3.05, 3.63) is 0 Å². The van der Waals surface area contributed by atoms with Crippen molar-refractivity contribution in [3.63, 3.8) is 0 Å². The molecule has 0 saturated carbocycles. The van der Waals surface area contributed by atoms with Crippen molar-refractivity contribution in [1.29, 1.82) is 0 Å². The zero-order chi connectivity index (χ0) is 15.3. The Labute approximate surface area is 137 Å². The van der Waals surface area contributed by atoms with Gasteiger partial charge in [-0.05, 0) is 0 Å². The first-order valence-electron chi connectivity index (χ1n) is 5.69. The maximum absolute atomic E-state index is 9.21. The van der Waals surface area contributed by atoms with Crippen molar-refractivity contribution < 1.29 is 13.9 Å². The summed E-state index contributed by atoms with van der Waals surface area (Å²) in [6.07, 6.45) is 0. The van der Waals surface area contributed by atoms with Gasteiger partial charge in [-0.1, -0.05) is 24.4 Å². The molecule has 0 amide bonds. The molecule has 3 N–H and O–H groups in total. The van der Waals surface area contributed by atoms with Crippen LogP contribution in [0.4, 0.5) is 0 Å². The van der Waals surface area contributed by atoms with Crippen LogP contribution in [0.1, 0.15) is 13.8 Å². The third-order valence-electron chi connectivity index (χ3n) is 1.50. The van der Waals surface area contributed by atoms with Crippen LogP contribution in [0.3, 0.4) is 0 Å². The topological polar surface area (TPSA) is 62.8 Å². The van der Waals surface area contributed by atoms with E-state index in [0.29, 0.717) is 34.9 Å². The van der Waals surface area contributed by atoms with Crippen LogP contribution in [0.5, 0.6) is 0 Å². The van der Waals surface area contributed by atoms with Gasteiger partial charge in [0, 0.05) is 13.1 Å². The fourth-order valence-corrected chi connectivity index (χ4v) is 2.50. The summed E-state index contributed by atoms with van der Waals surface area (Å²) in [5.74, 6) is 0. The molecule has 0 saturated heterocycles. The quantitative estimate of drug-likeness (QED) is 0.204. The Morgan fingerprint density at radius 3 is 1.58 bits per heavy atom. The molecule has 0 aliphatic carbocycles. The van der Waals surface area contributed by atoms with Gasteiger partial charge in [0.25, 0.3) is 0 Å². The predicted molar refractivity (Wildman–Crippen MR) is 98.9 cm³/mol. The van der Waals surface area contributed by atoms with Crippen LogP contribution in [0.25, 0.3) is 0 Å².